The molecule has 0 amide bonds. The lowest BCUT2D eigenvalue weighted by atomic mass is 11.0. The van der Waals surface area contributed by atoms with Crippen LogP contribution in [0.15, 0.2) is 13.2 Å². The van der Waals surface area contributed by atoms with Crippen molar-refractivity contribution in [1.82, 2.24) is 0 Å². The fraction of sp³-hybridized carbons (Fsp3) is 0.750. The summed E-state index contributed by atoms with van der Waals surface area (Å²) in [4.78, 5) is 0. The van der Waals surface area contributed by atoms with Crippen molar-refractivity contribution in [1.29, 1.82) is 0 Å². The van der Waals surface area contributed by atoms with Crippen LogP contribution in [0, 0.1) is 0 Å². The smallest absolute Gasteiger partial charge is 0.0126 e. The SMILES string of the molecule is C=C.CC.CC.CCS. The Morgan fingerprint density at radius 2 is 1.00 bits per heavy atom. The zero-order valence-electron chi connectivity index (χ0n) is 7.57. The first-order chi connectivity index (χ1) is 4.41. The Morgan fingerprint density at radius 1 is 1.00 bits per heavy atom. The van der Waals surface area contributed by atoms with E-state index < -0.39 is 0 Å². The predicted octanol–water partition coefficient (Wildman–Crippen LogP) is 3.79. The summed E-state index contributed by atoms with van der Waals surface area (Å²) in [5.41, 5.74) is 0. The van der Waals surface area contributed by atoms with Crippen LogP contribution in [0.3, 0.4) is 0 Å². The highest BCUT2D eigenvalue weighted by Gasteiger charge is 1.35. The highest BCUT2D eigenvalue weighted by Crippen LogP contribution is 1.58. The molecule has 0 radical (unpaired) electrons. The monoisotopic (exact) mass is 150 g/mol. The van der Waals surface area contributed by atoms with Gasteiger partial charge in [0, 0.05) is 0 Å². The Kier molecular flexibility index (Phi) is 873. The third-order valence-electron chi connectivity index (χ3n) is 0. The molecule has 0 saturated carbocycles. The van der Waals surface area contributed by atoms with Crippen LogP contribution in [0.25, 0.3) is 0 Å². The Bertz CT molecular complexity index is 8.53. The summed E-state index contributed by atoms with van der Waals surface area (Å²) in [7, 11) is 0. The molecule has 0 aromatic rings. The van der Waals surface area contributed by atoms with E-state index in [1.807, 2.05) is 34.6 Å². The third kappa shape index (κ3) is 37000. The second kappa shape index (κ2) is 342. The van der Waals surface area contributed by atoms with E-state index in [0.29, 0.717) is 0 Å². The maximum Gasteiger partial charge on any atom is -0.0126 e. The van der Waals surface area contributed by atoms with Crippen molar-refractivity contribution in [2.75, 3.05) is 5.75 Å². The zero-order chi connectivity index (χ0) is 8.71. The molecule has 0 bridgehead atoms. The number of rotatable bonds is 0. The lowest BCUT2D eigenvalue weighted by molar-refractivity contribution is 1.50. The average molecular weight is 150 g/mol. The van der Waals surface area contributed by atoms with Crippen LogP contribution in [0.4, 0.5) is 0 Å². The highest BCUT2D eigenvalue weighted by molar-refractivity contribution is 7.80. The molecule has 0 saturated heterocycles. The highest BCUT2D eigenvalue weighted by atomic mass is 32.1. The van der Waals surface area contributed by atoms with E-state index in [4.69, 9.17) is 0 Å². The van der Waals surface area contributed by atoms with E-state index in [2.05, 4.69) is 25.8 Å². The van der Waals surface area contributed by atoms with Gasteiger partial charge in [0.15, 0.2) is 0 Å². The second-order valence-corrected chi connectivity index (χ2v) is 0.949. The maximum atomic E-state index is 3.79. The van der Waals surface area contributed by atoms with Crippen LogP contribution < -0.4 is 0 Å². The molecule has 60 valence electrons. The first-order valence-electron chi connectivity index (χ1n) is 3.52. The Labute approximate surface area is 66.8 Å². The van der Waals surface area contributed by atoms with Crippen molar-refractivity contribution in [3.05, 3.63) is 13.2 Å². The summed E-state index contributed by atoms with van der Waals surface area (Å²) in [5, 5.41) is 0. The Hall–Kier alpha value is 0.0900. The first kappa shape index (κ1) is 23.0. The molecule has 9 heavy (non-hydrogen) atoms. The van der Waals surface area contributed by atoms with Crippen LogP contribution in [-0.2, 0) is 0 Å². The normalized spacial score (nSPS) is 3.78. The van der Waals surface area contributed by atoms with E-state index in [1.54, 1.807) is 0 Å². The minimum Gasteiger partial charge on any atom is -0.180 e. The van der Waals surface area contributed by atoms with Crippen molar-refractivity contribution in [3.63, 3.8) is 0 Å². The number of hydrogen-bond acceptors (Lipinski definition) is 1. The molecule has 1 heteroatoms. The second-order valence-electron chi connectivity index (χ2n) is 0.316. The van der Waals surface area contributed by atoms with Crippen molar-refractivity contribution in [2.45, 2.75) is 34.6 Å². The van der Waals surface area contributed by atoms with E-state index in [-0.39, 0.29) is 0 Å². The number of hydrogen-bond donors (Lipinski definition) is 1. The Balaban J connectivity index is -0.0000000190. The van der Waals surface area contributed by atoms with Crippen LogP contribution in [0.5, 0.6) is 0 Å². The van der Waals surface area contributed by atoms with Crippen LogP contribution in [-0.4, -0.2) is 5.75 Å². The standard InChI is InChI=1S/C2H6S.2C2H6.C2H4/c1-2-3;3*1-2/h3H,2H2,1H3;2*1-2H3;1-2H2. The molecule has 0 spiro atoms. The van der Waals surface area contributed by atoms with Gasteiger partial charge in [-0.2, -0.15) is 12.6 Å². The molecule has 0 rings (SSSR count). The largest absolute Gasteiger partial charge is 0.180 e. The molecular formula is C8H22S. The van der Waals surface area contributed by atoms with Gasteiger partial charge in [-0.3, -0.25) is 0 Å². The molecule has 0 N–H and O–H groups in total. The topological polar surface area (TPSA) is 0 Å². The fourth-order valence-corrected chi connectivity index (χ4v) is 0. The molecule has 0 heterocycles. The van der Waals surface area contributed by atoms with Gasteiger partial charge in [-0.25, -0.2) is 0 Å². The van der Waals surface area contributed by atoms with Gasteiger partial charge < -0.3 is 0 Å². The van der Waals surface area contributed by atoms with Crippen molar-refractivity contribution in [3.8, 4) is 0 Å². The van der Waals surface area contributed by atoms with Gasteiger partial charge in [-0.05, 0) is 5.75 Å². The maximum absolute atomic E-state index is 3.79. The third-order valence-corrected chi connectivity index (χ3v) is 0. The van der Waals surface area contributed by atoms with Crippen molar-refractivity contribution < 1.29 is 0 Å². The zero-order valence-corrected chi connectivity index (χ0v) is 8.46. The van der Waals surface area contributed by atoms with E-state index in [0.717, 1.165) is 5.75 Å². The first-order valence-corrected chi connectivity index (χ1v) is 4.16. The quantitative estimate of drug-likeness (QED) is 0.394. The molecule has 0 unspecified atom stereocenters. The predicted molar refractivity (Wildman–Crippen MR) is 53.5 cm³/mol. The lowest BCUT2D eigenvalue weighted by Gasteiger charge is -1.48. The van der Waals surface area contributed by atoms with Crippen LogP contribution in [0.2, 0.25) is 0 Å². The molecular weight excluding hydrogens is 128 g/mol. The molecule has 0 aliphatic rings. The molecule has 0 atom stereocenters. The molecule has 0 nitrogen and oxygen atoms in total. The fourth-order valence-electron chi connectivity index (χ4n) is 0. The average Bonchev–Trinajstić information content (AvgIpc) is 2.01. The molecule has 0 aliphatic carbocycles. The van der Waals surface area contributed by atoms with Crippen LogP contribution in [0.1, 0.15) is 34.6 Å². The van der Waals surface area contributed by atoms with Gasteiger partial charge in [0.25, 0.3) is 0 Å². The molecule has 0 fully saturated rings. The molecule has 0 aliphatic heterocycles. The van der Waals surface area contributed by atoms with Gasteiger partial charge in [-0.1, -0.05) is 34.6 Å². The van der Waals surface area contributed by atoms with Gasteiger partial charge in [0.1, 0.15) is 0 Å². The van der Waals surface area contributed by atoms with Crippen molar-refractivity contribution >= 4 is 12.6 Å². The summed E-state index contributed by atoms with van der Waals surface area (Å²) in [6, 6.07) is 0. The van der Waals surface area contributed by atoms with Crippen molar-refractivity contribution in [2.24, 2.45) is 0 Å². The van der Waals surface area contributed by atoms with Gasteiger partial charge in [0.05, 0.1) is 0 Å². The number of thiol groups is 1. The minimum absolute atomic E-state index is 0.944. The molecule has 0 aromatic heterocycles. The summed E-state index contributed by atoms with van der Waals surface area (Å²) in [6.07, 6.45) is 0. The van der Waals surface area contributed by atoms with Gasteiger partial charge >= 0.3 is 0 Å². The summed E-state index contributed by atoms with van der Waals surface area (Å²) < 4.78 is 0. The molecule has 0 aromatic carbocycles. The minimum atomic E-state index is 0.944. The summed E-state index contributed by atoms with van der Waals surface area (Å²) in [6.45, 7) is 16.0. The Morgan fingerprint density at radius 3 is 1.00 bits per heavy atom. The van der Waals surface area contributed by atoms with Crippen LogP contribution >= 0.6 is 12.6 Å². The lowest BCUT2D eigenvalue weighted by Crippen LogP contribution is -1.36. The summed E-state index contributed by atoms with van der Waals surface area (Å²) in [5.74, 6) is 0.944. The van der Waals surface area contributed by atoms with E-state index >= 15 is 0 Å². The van der Waals surface area contributed by atoms with Gasteiger partial charge in [-0.15, -0.1) is 13.2 Å². The van der Waals surface area contributed by atoms with E-state index in [9.17, 15) is 0 Å². The van der Waals surface area contributed by atoms with E-state index in [1.165, 1.54) is 0 Å². The van der Waals surface area contributed by atoms with Gasteiger partial charge in [0.2, 0.25) is 0 Å². The summed E-state index contributed by atoms with van der Waals surface area (Å²) >= 11 is 3.79.